The summed E-state index contributed by atoms with van der Waals surface area (Å²) >= 11 is 0. The number of aliphatic hydroxyl groups excluding tert-OH is 1. The summed E-state index contributed by atoms with van der Waals surface area (Å²) in [6.07, 6.45) is 2.86. The van der Waals surface area contributed by atoms with Gasteiger partial charge in [0.25, 0.3) is 5.91 Å². The van der Waals surface area contributed by atoms with Crippen molar-refractivity contribution in [2.75, 3.05) is 56.6 Å². The molecule has 0 aliphatic carbocycles. The van der Waals surface area contributed by atoms with Gasteiger partial charge in [0, 0.05) is 73.2 Å². The minimum atomic E-state index is -4.10. The molecule has 0 saturated carbocycles. The molecule has 2 aromatic heterocycles. The lowest BCUT2D eigenvalue weighted by Crippen LogP contribution is -2.48. The SMILES string of the molecule is COc1cccc(Nc2c(C(N)=O)cnc3c(C)cc(S(=O)(=O)c4cccc(COC(=O)N5CCN(c6ccc(CCCCNCC(O)c7ccc(O)c8[nH]c(=O)ccc78)cc6)CC5)c4)cc23)c1. The maximum absolute atomic E-state index is 14.2. The van der Waals surface area contributed by atoms with E-state index in [-0.39, 0.29) is 33.3 Å². The number of pyridine rings is 2. The number of aryl methyl sites for hydroxylation is 2. The van der Waals surface area contributed by atoms with E-state index >= 15 is 0 Å². The number of carbonyl (C=O) groups is 2. The topological polar surface area (TPSA) is 230 Å². The van der Waals surface area contributed by atoms with E-state index < -0.39 is 27.9 Å². The maximum Gasteiger partial charge on any atom is 0.410 e. The number of aromatic nitrogens is 2. The number of aromatic amines is 1. The summed E-state index contributed by atoms with van der Waals surface area (Å²) in [7, 11) is -2.56. The highest BCUT2D eigenvalue weighted by Gasteiger charge is 2.25. The Morgan fingerprint density at radius 2 is 1.66 bits per heavy atom. The van der Waals surface area contributed by atoms with Gasteiger partial charge in [0.1, 0.15) is 18.1 Å². The van der Waals surface area contributed by atoms with Crippen LogP contribution in [0.1, 0.15) is 51.6 Å². The van der Waals surface area contributed by atoms with Gasteiger partial charge in [0.15, 0.2) is 0 Å². The first-order valence-corrected chi connectivity index (χ1v) is 23.7. The number of aromatic hydroxyl groups is 1. The molecule has 1 unspecified atom stereocenters. The van der Waals surface area contributed by atoms with Crippen LogP contribution in [0.3, 0.4) is 0 Å². The molecule has 5 aromatic carbocycles. The summed E-state index contributed by atoms with van der Waals surface area (Å²) in [4.78, 5) is 48.4. The molecular weight excluding hydrogens is 887 g/mol. The van der Waals surface area contributed by atoms with Gasteiger partial charge < -0.3 is 50.8 Å². The number of amides is 2. The number of fused-ring (bicyclic) bond motifs is 2. The molecule has 17 heteroatoms. The highest BCUT2D eigenvalue weighted by Crippen LogP contribution is 2.35. The van der Waals surface area contributed by atoms with Gasteiger partial charge in [-0.15, -0.1) is 0 Å². The van der Waals surface area contributed by atoms with Crippen LogP contribution >= 0.6 is 0 Å². The number of nitrogens with two attached hydrogens (primary N) is 1. The Labute approximate surface area is 393 Å². The Balaban J connectivity index is 0.812. The van der Waals surface area contributed by atoms with E-state index in [1.165, 1.54) is 55.3 Å². The van der Waals surface area contributed by atoms with Crippen molar-refractivity contribution >= 4 is 60.7 Å². The lowest BCUT2D eigenvalue weighted by Gasteiger charge is -2.35. The van der Waals surface area contributed by atoms with E-state index in [9.17, 15) is 33.0 Å². The molecule has 68 heavy (non-hydrogen) atoms. The predicted molar refractivity (Wildman–Crippen MR) is 261 cm³/mol. The number of ether oxygens (including phenoxy) is 2. The fourth-order valence-corrected chi connectivity index (χ4v) is 9.88. The van der Waals surface area contributed by atoms with Crippen molar-refractivity contribution < 1.29 is 37.7 Å². The molecule has 0 bridgehead atoms. The summed E-state index contributed by atoms with van der Waals surface area (Å²) in [5, 5.41) is 28.5. The molecule has 1 aliphatic rings. The van der Waals surface area contributed by atoms with Crippen LogP contribution in [-0.2, 0) is 27.6 Å². The maximum atomic E-state index is 14.2. The van der Waals surface area contributed by atoms with Gasteiger partial charge in [-0.05, 0) is 116 Å². The van der Waals surface area contributed by atoms with E-state index in [0.717, 1.165) is 31.5 Å². The molecule has 7 aromatic rings. The average Bonchev–Trinajstić information content (AvgIpc) is 3.35. The van der Waals surface area contributed by atoms with Gasteiger partial charge >= 0.3 is 6.09 Å². The number of unbranched alkanes of at least 4 members (excludes halogenated alkanes) is 1. The van der Waals surface area contributed by atoms with E-state index in [0.29, 0.717) is 88.3 Å². The molecule has 2 amide bonds. The smallest absolute Gasteiger partial charge is 0.410 e. The number of phenolic OH excluding ortho intramolecular Hbond substituents is 1. The summed E-state index contributed by atoms with van der Waals surface area (Å²) in [5.41, 5.74) is 11.2. The number of hydrogen-bond donors (Lipinski definition) is 6. The average molecular weight is 940 g/mol. The number of aliphatic hydroxyl groups is 1. The molecule has 3 heterocycles. The van der Waals surface area contributed by atoms with E-state index in [4.69, 9.17) is 15.2 Å². The number of phenols is 1. The second kappa shape index (κ2) is 20.6. The Morgan fingerprint density at radius 3 is 2.43 bits per heavy atom. The number of anilines is 3. The molecular formula is C51H53N7O9S. The first kappa shape index (κ1) is 47.0. The third-order valence-electron chi connectivity index (χ3n) is 12.1. The third kappa shape index (κ3) is 10.5. The molecule has 1 fully saturated rings. The number of benzene rings is 5. The second-order valence-electron chi connectivity index (χ2n) is 16.7. The monoisotopic (exact) mass is 939 g/mol. The Kier molecular flexibility index (Phi) is 14.2. The van der Waals surface area contributed by atoms with Crippen LogP contribution < -0.4 is 31.6 Å². The number of piperazine rings is 1. The van der Waals surface area contributed by atoms with Crippen molar-refractivity contribution in [1.82, 2.24) is 20.2 Å². The van der Waals surface area contributed by atoms with Crippen molar-refractivity contribution in [2.24, 2.45) is 5.73 Å². The first-order chi connectivity index (χ1) is 32.8. The molecule has 1 saturated heterocycles. The van der Waals surface area contributed by atoms with E-state index in [1.807, 2.05) is 0 Å². The summed E-state index contributed by atoms with van der Waals surface area (Å²) in [6.45, 7) is 4.84. The van der Waals surface area contributed by atoms with Crippen molar-refractivity contribution in [2.45, 2.75) is 48.7 Å². The zero-order valence-corrected chi connectivity index (χ0v) is 38.5. The van der Waals surface area contributed by atoms with Gasteiger partial charge in [-0.2, -0.15) is 0 Å². The Hall–Kier alpha value is -7.47. The quantitative estimate of drug-likeness (QED) is 0.0513. The van der Waals surface area contributed by atoms with Crippen molar-refractivity contribution in [3.05, 3.63) is 154 Å². The number of rotatable bonds is 17. The highest BCUT2D eigenvalue weighted by molar-refractivity contribution is 7.91. The minimum Gasteiger partial charge on any atom is -0.506 e. The first-order valence-electron chi connectivity index (χ1n) is 22.3. The summed E-state index contributed by atoms with van der Waals surface area (Å²) < 4.78 is 39.4. The Morgan fingerprint density at radius 1 is 0.882 bits per heavy atom. The number of primary amides is 1. The fraction of sp³-hybridized carbons (Fsp3) is 0.255. The molecule has 7 N–H and O–H groups in total. The largest absolute Gasteiger partial charge is 0.506 e. The van der Waals surface area contributed by atoms with Crippen LogP contribution in [0.5, 0.6) is 11.5 Å². The van der Waals surface area contributed by atoms with Crippen molar-refractivity contribution in [1.29, 1.82) is 0 Å². The number of carbonyl (C=O) groups excluding carboxylic acids is 2. The van der Waals surface area contributed by atoms with Crippen LogP contribution in [0.4, 0.5) is 21.9 Å². The number of nitrogens with one attached hydrogen (secondary N) is 3. The fourth-order valence-electron chi connectivity index (χ4n) is 8.44. The van der Waals surface area contributed by atoms with Gasteiger partial charge in [0.05, 0.1) is 45.3 Å². The Bertz CT molecular complexity index is 3150. The minimum absolute atomic E-state index is 0.0109. The lowest BCUT2D eigenvalue weighted by atomic mass is 10.0. The number of H-pyrrole nitrogens is 1. The molecule has 16 nitrogen and oxygen atoms in total. The predicted octanol–water partition coefficient (Wildman–Crippen LogP) is 6.88. The molecule has 1 aliphatic heterocycles. The van der Waals surface area contributed by atoms with Crippen LogP contribution in [0.25, 0.3) is 21.8 Å². The standard InChI is InChI=1S/C51H53N7O9S/c1-32-25-39(28-42-47(32)54-29-43(50(52)62)48(42)55-35-9-6-10-37(27-35)66-2)68(64,65)38-11-5-8-34(26-38)31-67-51(63)58-23-21-57(22-24-58)36-14-12-33(13-15-36)7-3-4-20-53-30-45(60)40-16-18-44(59)49-41(40)17-19-46(61)56-49/h5-6,8-19,25-29,45,53,59-60H,3-4,7,20-24,30-31H2,1-2H3,(H2,52,62)(H,54,55)(H,56,61). The lowest BCUT2D eigenvalue weighted by molar-refractivity contribution is 0.0940. The second-order valence-corrected chi connectivity index (χ2v) is 18.7. The summed E-state index contributed by atoms with van der Waals surface area (Å²) in [5.74, 6) is -0.198. The number of sulfone groups is 1. The molecule has 8 rings (SSSR count). The van der Waals surface area contributed by atoms with Crippen LogP contribution in [-0.4, -0.2) is 91.9 Å². The molecule has 1 atom stereocenters. The van der Waals surface area contributed by atoms with Crippen LogP contribution in [0, 0.1) is 6.92 Å². The molecule has 352 valence electrons. The van der Waals surface area contributed by atoms with Gasteiger partial charge in [0.2, 0.25) is 15.4 Å². The highest BCUT2D eigenvalue weighted by atomic mass is 32.2. The third-order valence-corrected chi connectivity index (χ3v) is 13.9. The van der Waals surface area contributed by atoms with Crippen LogP contribution in [0.2, 0.25) is 0 Å². The number of hydrogen-bond acceptors (Lipinski definition) is 13. The van der Waals surface area contributed by atoms with Crippen molar-refractivity contribution in [3.8, 4) is 11.5 Å². The zero-order chi connectivity index (χ0) is 48.0. The van der Waals surface area contributed by atoms with Crippen molar-refractivity contribution in [3.63, 3.8) is 0 Å². The molecule has 0 radical (unpaired) electrons. The number of methoxy groups -OCH3 is 1. The van der Waals surface area contributed by atoms with Gasteiger partial charge in [-0.25, -0.2) is 13.2 Å². The van der Waals surface area contributed by atoms with E-state index in [1.54, 1.807) is 60.4 Å². The van der Waals surface area contributed by atoms with Gasteiger partial charge in [-0.1, -0.05) is 36.4 Å². The summed E-state index contributed by atoms with van der Waals surface area (Å²) in [6, 6.07) is 31.0. The molecule has 0 spiro atoms. The normalized spacial score (nSPS) is 13.4. The van der Waals surface area contributed by atoms with Crippen LogP contribution in [0.15, 0.2) is 130 Å². The van der Waals surface area contributed by atoms with E-state index in [2.05, 4.69) is 49.8 Å². The number of nitrogens with zero attached hydrogens (tertiary/aromatic N) is 3. The van der Waals surface area contributed by atoms with Gasteiger partial charge in [-0.3, -0.25) is 14.6 Å². The zero-order valence-electron chi connectivity index (χ0n) is 37.7.